The van der Waals surface area contributed by atoms with Crippen LogP contribution in [0.1, 0.15) is 47.5 Å². The quantitative estimate of drug-likeness (QED) is 0.338. The minimum atomic E-state index is -1.52. The Kier molecular flexibility index (Phi) is 9.09. The van der Waals surface area contributed by atoms with Gasteiger partial charge in [0.15, 0.2) is 5.13 Å². The van der Waals surface area contributed by atoms with Crippen LogP contribution in [-0.4, -0.2) is 50.4 Å². The minimum absolute atomic E-state index is 0.109. The normalized spacial score (nSPS) is 13.3. The van der Waals surface area contributed by atoms with E-state index in [-0.39, 0.29) is 17.4 Å². The van der Waals surface area contributed by atoms with E-state index in [4.69, 9.17) is 0 Å². The van der Waals surface area contributed by atoms with Crippen LogP contribution in [0.15, 0.2) is 35.7 Å². The molecular formula is C23H32N4O5S. The number of benzene rings is 1. The zero-order valence-electron chi connectivity index (χ0n) is 19.5. The van der Waals surface area contributed by atoms with E-state index in [1.165, 1.54) is 11.3 Å². The number of amides is 4. The molecule has 1 unspecified atom stereocenters. The smallest absolute Gasteiger partial charge is 0.349 e. The maximum atomic E-state index is 13.0. The summed E-state index contributed by atoms with van der Waals surface area (Å²) in [4.78, 5) is 42.0. The van der Waals surface area contributed by atoms with Crippen molar-refractivity contribution in [3.63, 3.8) is 0 Å². The van der Waals surface area contributed by atoms with E-state index in [0.29, 0.717) is 17.2 Å². The van der Waals surface area contributed by atoms with Crippen molar-refractivity contribution in [2.75, 3.05) is 5.32 Å². The molecule has 0 aliphatic rings. The van der Waals surface area contributed by atoms with Crippen LogP contribution in [0.4, 0.5) is 9.93 Å². The number of thiazole rings is 1. The van der Waals surface area contributed by atoms with E-state index in [9.17, 15) is 24.7 Å². The first-order chi connectivity index (χ1) is 15.4. The second-order valence-corrected chi connectivity index (χ2v) is 10.1. The molecule has 2 atom stereocenters. The summed E-state index contributed by atoms with van der Waals surface area (Å²) in [7, 11) is 0. The lowest BCUT2D eigenvalue weighted by molar-refractivity contribution is -0.163. The number of carbonyl (C=O) groups excluding carboxylic acids is 3. The number of rotatable bonds is 8. The Labute approximate surface area is 197 Å². The molecule has 0 radical (unpaired) electrons. The Bertz CT molecular complexity index is 955. The minimum Gasteiger partial charge on any atom is -0.383 e. The monoisotopic (exact) mass is 476 g/mol. The molecule has 0 aliphatic carbocycles. The van der Waals surface area contributed by atoms with Crippen molar-refractivity contribution in [2.45, 2.75) is 59.6 Å². The molecule has 4 amide bonds. The van der Waals surface area contributed by atoms with Gasteiger partial charge in [-0.1, -0.05) is 65.0 Å². The van der Waals surface area contributed by atoms with Gasteiger partial charge in [-0.3, -0.25) is 14.8 Å². The molecule has 0 fully saturated rings. The zero-order valence-corrected chi connectivity index (χ0v) is 20.3. The van der Waals surface area contributed by atoms with Crippen molar-refractivity contribution < 1.29 is 24.7 Å². The number of nitrogens with zero attached hydrogens (tertiary/aromatic N) is 2. The molecule has 9 nitrogen and oxygen atoms in total. The molecule has 33 heavy (non-hydrogen) atoms. The average molecular weight is 477 g/mol. The number of hydrogen-bond acceptors (Lipinski definition) is 7. The van der Waals surface area contributed by atoms with Crippen LogP contribution >= 0.6 is 11.3 Å². The molecule has 0 saturated heterocycles. The van der Waals surface area contributed by atoms with Gasteiger partial charge in [0.1, 0.15) is 12.1 Å². The molecule has 1 aromatic heterocycles. The molecule has 2 rings (SSSR count). The second-order valence-electron chi connectivity index (χ2n) is 9.28. The van der Waals surface area contributed by atoms with Crippen LogP contribution in [-0.2, 0) is 9.59 Å². The Morgan fingerprint density at radius 1 is 1.12 bits per heavy atom. The van der Waals surface area contributed by atoms with Crippen LogP contribution in [0, 0.1) is 11.3 Å². The number of nitrogens with one attached hydrogen (secondary N) is 2. The van der Waals surface area contributed by atoms with Gasteiger partial charge in [0.2, 0.25) is 5.91 Å². The lowest BCUT2D eigenvalue weighted by Crippen LogP contribution is -2.56. The Balaban J connectivity index is 2.07. The van der Waals surface area contributed by atoms with Crippen molar-refractivity contribution in [2.24, 2.45) is 11.3 Å². The Morgan fingerprint density at radius 3 is 2.33 bits per heavy atom. The van der Waals surface area contributed by atoms with Gasteiger partial charge in [0.05, 0.1) is 5.69 Å². The summed E-state index contributed by atoms with van der Waals surface area (Å²) in [5, 5.41) is 27.0. The summed E-state index contributed by atoms with van der Waals surface area (Å²) in [6, 6.07) is 7.20. The van der Waals surface area contributed by atoms with Crippen molar-refractivity contribution in [1.29, 1.82) is 0 Å². The van der Waals surface area contributed by atoms with Gasteiger partial charge in [-0.2, -0.15) is 0 Å². The fourth-order valence-electron chi connectivity index (χ4n) is 2.97. The second kappa shape index (κ2) is 11.4. The maximum absolute atomic E-state index is 13.0. The molecule has 180 valence electrons. The molecule has 4 N–H and O–H groups in total. The van der Waals surface area contributed by atoms with E-state index in [2.05, 4.69) is 15.6 Å². The van der Waals surface area contributed by atoms with Gasteiger partial charge in [-0.15, -0.1) is 16.4 Å². The molecule has 0 aliphatic heterocycles. The van der Waals surface area contributed by atoms with Crippen molar-refractivity contribution >= 4 is 34.3 Å². The fourth-order valence-corrected chi connectivity index (χ4v) is 3.69. The highest BCUT2D eigenvalue weighted by molar-refractivity contribution is 7.14. The lowest BCUT2D eigenvalue weighted by Gasteiger charge is -2.31. The highest BCUT2D eigenvalue weighted by atomic mass is 32.1. The molecule has 1 heterocycles. The van der Waals surface area contributed by atoms with Crippen LogP contribution in [0.3, 0.4) is 0 Å². The summed E-state index contributed by atoms with van der Waals surface area (Å²) in [6.07, 6.45) is -0.858. The summed E-state index contributed by atoms with van der Waals surface area (Å²) in [5.74, 6) is -1.45. The molecule has 1 aromatic carbocycles. The number of aliphatic hydroxyl groups excluding tert-OH is 1. The number of hydroxylamine groups is 2. The zero-order chi connectivity index (χ0) is 24.8. The number of carbonyl (C=O) groups is 3. The number of imide groups is 1. The van der Waals surface area contributed by atoms with Crippen LogP contribution in [0.25, 0.3) is 11.3 Å². The fraction of sp³-hybridized carbons (Fsp3) is 0.478. The molecule has 0 spiro atoms. The number of urea groups is 1. The van der Waals surface area contributed by atoms with Gasteiger partial charge in [-0.25, -0.2) is 9.78 Å². The van der Waals surface area contributed by atoms with E-state index in [1.54, 1.807) is 20.8 Å². The van der Waals surface area contributed by atoms with Gasteiger partial charge in [0.25, 0.3) is 5.91 Å². The van der Waals surface area contributed by atoms with Gasteiger partial charge in [0, 0.05) is 10.9 Å². The highest BCUT2D eigenvalue weighted by Gasteiger charge is 2.36. The summed E-state index contributed by atoms with van der Waals surface area (Å²) >= 11 is 1.24. The van der Waals surface area contributed by atoms with E-state index in [0.717, 1.165) is 5.56 Å². The maximum Gasteiger partial charge on any atom is 0.349 e. The highest BCUT2D eigenvalue weighted by Crippen LogP contribution is 2.26. The third-order valence-corrected chi connectivity index (χ3v) is 5.66. The summed E-state index contributed by atoms with van der Waals surface area (Å²) < 4.78 is 0. The van der Waals surface area contributed by atoms with Crippen LogP contribution in [0.5, 0.6) is 0 Å². The Morgan fingerprint density at radius 2 is 1.76 bits per heavy atom. The molecular weight excluding hydrogens is 444 g/mol. The first kappa shape index (κ1) is 26.4. The van der Waals surface area contributed by atoms with Crippen LogP contribution in [0.2, 0.25) is 0 Å². The number of aromatic nitrogens is 1. The Hall–Kier alpha value is -2.82. The van der Waals surface area contributed by atoms with Gasteiger partial charge < -0.3 is 15.7 Å². The third-order valence-electron chi connectivity index (χ3n) is 4.90. The lowest BCUT2D eigenvalue weighted by atomic mass is 9.86. The predicted molar refractivity (Wildman–Crippen MR) is 127 cm³/mol. The third kappa shape index (κ3) is 7.62. The standard InChI is InChI=1S/C23H32N4O5S/c1-14(2)11-12-17(28)20(30)27(32)22(31)25-18(23(3,4)5)19(29)26-21-24-16(13-33-21)15-9-7-6-8-10-15/h6-10,13-14,17-18,28,32H,11-12H2,1-5H3,(H,25,31)(H,24,26,29)/t17-,18?/m0/s1. The predicted octanol–water partition coefficient (Wildman–Crippen LogP) is 3.89. The largest absolute Gasteiger partial charge is 0.383 e. The first-order valence-corrected chi connectivity index (χ1v) is 11.6. The molecule has 0 saturated carbocycles. The first-order valence-electron chi connectivity index (χ1n) is 10.7. The van der Waals surface area contributed by atoms with Crippen molar-refractivity contribution in [3.05, 3.63) is 35.7 Å². The number of aliphatic hydroxyl groups is 1. The topological polar surface area (TPSA) is 132 Å². The van der Waals surface area contributed by atoms with Crippen LogP contribution < -0.4 is 10.6 Å². The van der Waals surface area contributed by atoms with Crippen molar-refractivity contribution in [3.8, 4) is 11.3 Å². The van der Waals surface area contributed by atoms with Gasteiger partial charge in [-0.05, 0) is 24.2 Å². The van der Waals surface area contributed by atoms with Crippen molar-refractivity contribution in [1.82, 2.24) is 15.4 Å². The SMILES string of the molecule is CC(C)CC[C@H](O)C(=O)N(O)C(=O)NC(C(=O)Nc1nc(-c2ccccc2)cs1)C(C)(C)C. The van der Waals surface area contributed by atoms with E-state index >= 15 is 0 Å². The summed E-state index contributed by atoms with van der Waals surface area (Å²) in [6.45, 7) is 9.05. The van der Waals surface area contributed by atoms with E-state index < -0.39 is 35.4 Å². The summed E-state index contributed by atoms with van der Waals surface area (Å²) in [5.41, 5.74) is 0.856. The molecule has 10 heteroatoms. The average Bonchev–Trinajstić information content (AvgIpc) is 3.22. The number of hydrogen-bond donors (Lipinski definition) is 4. The molecule has 0 bridgehead atoms. The van der Waals surface area contributed by atoms with Gasteiger partial charge >= 0.3 is 6.03 Å². The molecule has 2 aromatic rings. The van der Waals surface area contributed by atoms with E-state index in [1.807, 2.05) is 49.6 Å². The number of anilines is 1.